The molecule has 0 aromatic carbocycles. The van der Waals surface area contributed by atoms with Gasteiger partial charge in [0.05, 0.1) is 5.69 Å². The van der Waals surface area contributed by atoms with Gasteiger partial charge in [-0.3, -0.25) is 9.59 Å². The molecule has 2 N–H and O–H groups in total. The number of H-pyrrole nitrogens is 1. The van der Waals surface area contributed by atoms with Gasteiger partial charge in [0.1, 0.15) is 6.42 Å². The normalized spacial score (nSPS) is 9.75. The van der Waals surface area contributed by atoms with Crippen LogP contribution in [0, 0.1) is 6.92 Å². The lowest BCUT2D eigenvalue weighted by Crippen LogP contribution is -2.06. The lowest BCUT2D eigenvalue weighted by Gasteiger charge is -1.91. The fraction of sp³-hybridized carbons (Fsp3) is 0.250. The number of rotatable bonds is 3. The summed E-state index contributed by atoms with van der Waals surface area (Å²) in [7, 11) is 0. The average Bonchev–Trinajstić information content (AvgIpc) is 2.34. The molecule has 0 aliphatic carbocycles. The summed E-state index contributed by atoms with van der Waals surface area (Å²) in [6.45, 7) is 1.83. The van der Waals surface area contributed by atoms with Crippen LogP contribution in [0.3, 0.4) is 0 Å². The van der Waals surface area contributed by atoms with Gasteiger partial charge in [-0.1, -0.05) is 0 Å². The second-order valence-corrected chi connectivity index (χ2v) is 2.58. The highest BCUT2D eigenvalue weighted by atomic mass is 16.4. The van der Waals surface area contributed by atoms with E-state index in [9.17, 15) is 9.59 Å². The van der Waals surface area contributed by atoms with E-state index in [4.69, 9.17) is 5.11 Å². The molecule has 0 saturated carbocycles. The summed E-state index contributed by atoms with van der Waals surface area (Å²) in [6.07, 6.45) is 1.20. The van der Waals surface area contributed by atoms with Crippen molar-refractivity contribution in [3.63, 3.8) is 0 Å². The lowest BCUT2D eigenvalue weighted by molar-refractivity contribution is -0.135. The molecule has 64 valence electrons. The smallest absolute Gasteiger partial charge is 0.311 e. The molecule has 1 aromatic rings. The average molecular weight is 167 g/mol. The Hall–Kier alpha value is -1.58. The molecular weight excluding hydrogens is 158 g/mol. The molecule has 0 saturated heterocycles. The number of carboxylic acids is 1. The minimum absolute atomic E-state index is 0.356. The first kappa shape index (κ1) is 8.52. The van der Waals surface area contributed by atoms with Crippen LogP contribution in [0.2, 0.25) is 0 Å². The Labute approximate surface area is 69.2 Å². The Kier molecular flexibility index (Phi) is 2.28. The summed E-state index contributed by atoms with van der Waals surface area (Å²) in [6, 6.07) is 1.63. The largest absolute Gasteiger partial charge is 0.481 e. The van der Waals surface area contributed by atoms with Gasteiger partial charge < -0.3 is 10.1 Å². The van der Waals surface area contributed by atoms with Gasteiger partial charge in [-0.2, -0.15) is 0 Å². The highest BCUT2D eigenvalue weighted by Crippen LogP contribution is 2.04. The third kappa shape index (κ3) is 1.95. The van der Waals surface area contributed by atoms with Crippen LogP contribution in [0.25, 0.3) is 0 Å². The van der Waals surface area contributed by atoms with E-state index in [2.05, 4.69) is 4.98 Å². The number of aryl methyl sites for hydroxylation is 1. The van der Waals surface area contributed by atoms with Crippen LogP contribution in [0.1, 0.15) is 22.5 Å². The van der Waals surface area contributed by atoms with Crippen molar-refractivity contribution in [3.8, 4) is 0 Å². The zero-order chi connectivity index (χ0) is 9.14. The molecule has 0 radical (unpaired) electrons. The number of aromatic nitrogens is 1. The van der Waals surface area contributed by atoms with E-state index in [-0.39, 0.29) is 0 Å². The molecule has 0 amide bonds. The standard InChI is InChI=1S/C8H9NO3/c1-5-2-6(9-4-5)7(10)3-8(11)12/h2,4,9H,3H2,1H3,(H,11,12). The molecular formula is C8H9NO3. The second kappa shape index (κ2) is 3.21. The van der Waals surface area contributed by atoms with Gasteiger partial charge in [0.15, 0.2) is 5.78 Å². The molecule has 4 heteroatoms. The Morgan fingerprint density at radius 1 is 1.58 bits per heavy atom. The number of carbonyl (C=O) groups excluding carboxylic acids is 1. The fourth-order valence-electron chi connectivity index (χ4n) is 0.896. The van der Waals surface area contributed by atoms with Crippen molar-refractivity contribution in [1.82, 2.24) is 4.98 Å². The molecule has 1 rings (SSSR count). The molecule has 0 aliphatic heterocycles. The van der Waals surface area contributed by atoms with Crippen molar-refractivity contribution < 1.29 is 14.7 Å². The number of hydrogen-bond acceptors (Lipinski definition) is 2. The molecule has 0 unspecified atom stereocenters. The molecule has 4 nitrogen and oxygen atoms in total. The third-order valence-electron chi connectivity index (χ3n) is 1.44. The topological polar surface area (TPSA) is 70.2 Å². The minimum Gasteiger partial charge on any atom is -0.481 e. The number of ketones is 1. The van der Waals surface area contributed by atoms with E-state index in [1.54, 1.807) is 12.3 Å². The maximum absolute atomic E-state index is 11.1. The number of hydrogen-bond donors (Lipinski definition) is 2. The minimum atomic E-state index is -1.10. The molecule has 0 bridgehead atoms. The number of aliphatic carboxylic acids is 1. The van der Waals surface area contributed by atoms with Crippen LogP contribution in [0.15, 0.2) is 12.3 Å². The van der Waals surface area contributed by atoms with Crippen LogP contribution in [0.4, 0.5) is 0 Å². The Balaban J connectivity index is 2.72. The summed E-state index contributed by atoms with van der Waals surface area (Å²) in [5, 5.41) is 8.32. The number of nitrogens with one attached hydrogen (secondary N) is 1. The van der Waals surface area contributed by atoms with Gasteiger partial charge in [-0.25, -0.2) is 0 Å². The molecule has 1 heterocycles. The molecule has 0 aliphatic rings. The first-order valence-electron chi connectivity index (χ1n) is 3.49. The van der Waals surface area contributed by atoms with Gasteiger partial charge in [0.2, 0.25) is 0 Å². The molecule has 0 spiro atoms. The van der Waals surface area contributed by atoms with Crippen molar-refractivity contribution in [3.05, 3.63) is 23.5 Å². The summed E-state index contributed by atoms with van der Waals surface area (Å²) >= 11 is 0. The van der Waals surface area contributed by atoms with E-state index in [0.717, 1.165) is 5.56 Å². The highest BCUT2D eigenvalue weighted by molar-refractivity contribution is 6.04. The zero-order valence-electron chi connectivity index (χ0n) is 6.63. The monoisotopic (exact) mass is 167 g/mol. The van der Waals surface area contributed by atoms with Crippen molar-refractivity contribution in [2.24, 2.45) is 0 Å². The predicted molar refractivity (Wildman–Crippen MR) is 42.1 cm³/mol. The van der Waals surface area contributed by atoms with Gasteiger partial charge in [-0.15, -0.1) is 0 Å². The number of carbonyl (C=O) groups is 2. The fourth-order valence-corrected chi connectivity index (χ4v) is 0.896. The molecule has 0 fully saturated rings. The van der Waals surface area contributed by atoms with Gasteiger partial charge in [0, 0.05) is 6.20 Å². The summed E-state index contributed by atoms with van der Waals surface area (Å²) in [5.41, 5.74) is 1.28. The first-order chi connectivity index (χ1) is 5.59. The summed E-state index contributed by atoms with van der Waals surface area (Å²) < 4.78 is 0. The first-order valence-corrected chi connectivity index (χ1v) is 3.49. The maximum atomic E-state index is 11.1. The van der Waals surface area contributed by atoms with Crippen molar-refractivity contribution in [2.45, 2.75) is 13.3 Å². The van der Waals surface area contributed by atoms with Crippen molar-refractivity contribution >= 4 is 11.8 Å². The van der Waals surface area contributed by atoms with Gasteiger partial charge >= 0.3 is 5.97 Å². The van der Waals surface area contributed by atoms with Gasteiger partial charge in [0.25, 0.3) is 0 Å². The Bertz CT molecular complexity index is 314. The van der Waals surface area contributed by atoms with E-state index < -0.39 is 18.2 Å². The third-order valence-corrected chi connectivity index (χ3v) is 1.44. The van der Waals surface area contributed by atoms with Crippen LogP contribution in [-0.2, 0) is 4.79 Å². The van der Waals surface area contributed by atoms with E-state index in [1.807, 2.05) is 6.92 Å². The van der Waals surface area contributed by atoms with Crippen molar-refractivity contribution in [2.75, 3.05) is 0 Å². The Morgan fingerprint density at radius 3 is 2.67 bits per heavy atom. The lowest BCUT2D eigenvalue weighted by atomic mass is 10.2. The molecule has 12 heavy (non-hydrogen) atoms. The van der Waals surface area contributed by atoms with E-state index >= 15 is 0 Å². The van der Waals surface area contributed by atoms with Crippen LogP contribution < -0.4 is 0 Å². The number of carboxylic acid groups (broad SMARTS) is 1. The summed E-state index contributed by atoms with van der Waals surface area (Å²) in [5.74, 6) is -1.50. The number of Topliss-reactive ketones (excluding diaryl/α,β-unsaturated/α-hetero) is 1. The van der Waals surface area contributed by atoms with E-state index in [0.29, 0.717) is 5.69 Å². The van der Waals surface area contributed by atoms with Crippen LogP contribution >= 0.6 is 0 Å². The predicted octanol–water partition coefficient (Wildman–Crippen LogP) is 0.981. The Morgan fingerprint density at radius 2 is 2.25 bits per heavy atom. The highest BCUT2D eigenvalue weighted by Gasteiger charge is 2.11. The van der Waals surface area contributed by atoms with E-state index in [1.165, 1.54) is 0 Å². The summed E-state index contributed by atoms with van der Waals surface area (Å²) in [4.78, 5) is 23.9. The second-order valence-electron chi connectivity index (χ2n) is 2.58. The maximum Gasteiger partial charge on any atom is 0.311 e. The number of aromatic amines is 1. The van der Waals surface area contributed by atoms with Crippen LogP contribution in [-0.4, -0.2) is 21.8 Å². The molecule has 1 aromatic heterocycles. The van der Waals surface area contributed by atoms with Crippen LogP contribution in [0.5, 0.6) is 0 Å². The van der Waals surface area contributed by atoms with Crippen molar-refractivity contribution in [1.29, 1.82) is 0 Å². The quantitative estimate of drug-likeness (QED) is 0.520. The molecule has 0 atom stereocenters. The SMILES string of the molecule is Cc1c[nH]c(C(=O)CC(=O)O)c1. The zero-order valence-corrected chi connectivity index (χ0v) is 6.63. The van der Waals surface area contributed by atoms with Gasteiger partial charge in [-0.05, 0) is 18.6 Å².